The molecule has 0 bridgehead atoms. The van der Waals surface area contributed by atoms with Crippen LogP contribution in [0.2, 0.25) is 0 Å². The SMILES string of the molecule is CN(CCc1csc2ccccc12)C(C)(C)C#N. The summed E-state index contributed by atoms with van der Waals surface area (Å²) in [5.41, 5.74) is 0.988. The van der Waals surface area contributed by atoms with Gasteiger partial charge in [-0.1, -0.05) is 18.2 Å². The first-order chi connectivity index (χ1) is 8.54. The number of benzene rings is 1. The van der Waals surface area contributed by atoms with Crippen molar-refractivity contribution in [3.05, 3.63) is 35.2 Å². The van der Waals surface area contributed by atoms with Crippen molar-refractivity contribution >= 4 is 21.4 Å². The standard InChI is InChI=1S/C15H18N2S/c1-15(2,11-16)17(3)9-8-12-10-18-14-7-5-4-6-13(12)14/h4-7,10H,8-9H2,1-3H3. The van der Waals surface area contributed by atoms with E-state index in [1.165, 1.54) is 15.6 Å². The molecule has 1 aromatic carbocycles. The summed E-state index contributed by atoms with van der Waals surface area (Å²) in [6.45, 7) is 4.82. The van der Waals surface area contributed by atoms with E-state index in [0.29, 0.717) is 0 Å². The van der Waals surface area contributed by atoms with Crippen molar-refractivity contribution < 1.29 is 0 Å². The molecule has 2 rings (SSSR count). The van der Waals surface area contributed by atoms with Gasteiger partial charge >= 0.3 is 0 Å². The molecule has 0 amide bonds. The third kappa shape index (κ3) is 2.55. The third-order valence-corrected chi connectivity index (χ3v) is 4.52. The maximum absolute atomic E-state index is 9.10. The lowest BCUT2D eigenvalue weighted by Crippen LogP contribution is -2.40. The van der Waals surface area contributed by atoms with Gasteiger partial charge in [0.25, 0.3) is 0 Å². The van der Waals surface area contributed by atoms with E-state index in [-0.39, 0.29) is 0 Å². The highest BCUT2D eigenvalue weighted by molar-refractivity contribution is 7.17. The Hall–Kier alpha value is -1.37. The van der Waals surface area contributed by atoms with E-state index < -0.39 is 5.54 Å². The zero-order valence-electron chi connectivity index (χ0n) is 11.1. The summed E-state index contributed by atoms with van der Waals surface area (Å²) < 4.78 is 1.34. The Bertz CT molecular complexity index is 577. The predicted octanol–water partition coefficient (Wildman–Crippen LogP) is 3.68. The Morgan fingerprint density at radius 1 is 1.33 bits per heavy atom. The molecular formula is C15H18N2S. The van der Waals surface area contributed by atoms with Gasteiger partial charge in [0.2, 0.25) is 0 Å². The van der Waals surface area contributed by atoms with Gasteiger partial charge in [-0.3, -0.25) is 4.90 Å². The summed E-state index contributed by atoms with van der Waals surface area (Å²) in [5, 5.41) is 12.7. The summed E-state index contributed by atoms with van der Waals surface area (Å²) in [4.78, 5) is 2.11. The number of hydrogen-bond donors (Lipinski definition) is 0. The molecule has 0 aliphatic heterocycles. The topological polar surface area (TPSA) is 27.0 Å². The second-order valence-corrected chi connectivity index (χ2v) is 6.01. The van der Waals surface area contributed by atoms with Crippen molar-refractivity contribution in [2.24, 2.45) is 0 Å². The first kappa shape index (κ1) is 13.1. The molecule has 0 unspecified atom stereocenters. The van der Waals surface area contributed by atoms with Crippen LogP contribution >= 0.6 is 11.3 Å². The van der Waals surface area contributed by atoms with Gasteiger partial charge in [0.05, 0.1) is 6.07 Å². The zero-order chi connectivity index (χ0) is 13.2. The quantitative estimate of drug-likeness (QED) is 0.836. The minimum Gasteiger partial charge on any atom is -0.289 e. The average molecular weight is 258 g/mol. The van der Waals surface area contributed by atoms with Crippen LogP contribution in [-0.4, -0.2) is 24.0 Å². The molecule has 2 nitrogen and oxygen atoms in total. The summed E-state index contributed by atoms with van der Waals surface area (Å²) in [5.74, 6) is 0. The molecule has 0 atom stereocenters. The number of hydrogen-bond acceptors (Lipinski definition) is 3. The van der Waals surface area contributed by atoms with Crippen molar-refractivity contribution in [1.29, 1.82) is 5.26 Å². The van der Waals surface area contributed by atoms with Crippen LogP contribution in [0.1, 0.15) is 19.4 Å². The molecule has 1 heterocycles. The molecular weight excluding hydrogens is 240 g/mol. The lowest BCUT2D eigenvalue weighted by molar-refractivity contribution is 0.214. The molecule has 0 saturated carbocycles. The Kier molecular flexibility index (Phi) is 3.70. The van der Waals surface area contributed by atoms with Gasteiger partial charge in [-0.15, -0.1) is 11.3 Å². The molecule has 0 aliphatic carbocycles. The lowest BCUT2D eigenvalue weighted by Gasteiger charge is -2.28. The lowest BCUT2D eigenvalue weighted by atomic mass is 10.0. The van der Waals surface area contributed by atoms with Gasteiger partial charge in [0, 0.05) is 11.2 Å². The fraction of sp³-hybridized carbons (Fsp3) is 0.400. The minimum atomic E-state index is -0.397. The number of fused-ring (bicyclic) bond motifs is 1. The highest BCUT2D eigenvalue weighted by Gasteiger charge is 2.22. The van der Waals surface area contributed by atoms with Crippen LogP contribution in [0.15, 0.2) is 29.6 Å². The van der Waals surface area contributed by atoms with Crippen LogP contribution in [-0.2, 0) is 6.42 Å². The monoisotopic (exact) mass is 258 g/mol. The predicted molar refractivity (Wildman–Crippen MR) is 77.9 cm³/mol. The second kappa shape index (κ2) is 5.09. The van der Waals surface area contributed by atoms with Gasteiger partial charge in [0.1, 0.15) is 5.54 Å². The van der Waals surface area contributed by atoms with E-state index in [0.717, 1.165) is 13.0 Å². The van der Waals surface area contributed by atoms with Gasteiger partial charge in [-0.2, -0.15) is 5.26 Å². The Labute approximate surface area is 112 Å². The molecule has 0 saturated heterocycles. The molecule has 18 heavy (non-hydrogen) atoms. The van der Waals surface area contributed by atoms with E-state index >= 15 is 0 Å². The fourth-order valence-electron chi connectivity index (χ4n) is 1.88. The maximum Gasteiger partial charge on any atom is 0.103 e. The molecule has 94 valence electrons. The van der Waals surface area contributed by atoms with E-state index in [4.69, 9.17) is 5.26 Å². The van der Waals surface area contributed by atoms with E-state index in [1.54, 1.807) is 11.3 Å². The second-order valence-electron chi connectivity index (χ2n) is 5.10. The van der Waals surface area contributed by atoms with Crippen LogP contribution in [0.25, 0.3) is 10.1 Å². The van der Waals surface area contributed by atoms with Crippen LogP contribution in [0.4, 0.5) is 0 Å². The number of nitrogens with zero attached hydrogens (tertiary/aromatic N) is 2. The average Bonchev–Trinajstić information content (AvgIpc) is 2.79. The first-order valence-corrected chi connectivity index (χ1v) is 7.00. The highest BCUT2D eigenvalue weighted by atomic mass is 32.1. The molecule has 0 aliphatic rings. The number of nitriles is 1. The minimum absolute atomic E-state index is 0.397. The fourth-order valence-corrected chi connectivity index (χ4v) is 2.88. The Morgan fingerprint density at radius 2 is 2.06 bits per heavy atom. The zero-order valence-corrected chi connectivity index (χ0v) is 11.9. The normalized spacial score (nSPS) is 11.9. The molecule has 0 spiro atoms. The van der Waals surface area contributed by atoms with Crippen LogP contribution in [0.5, 0.6) is 0 Å². The maximum atomic E-state index is 9.10. The Morgan fingerprint density at radius 3 is 2.78 bits per heavy atom. The van der Waals surface area contributed by atoms with Crippen molar-refractivity contribution in [2.45, 2.75) is 25.8 Å². The molecule has 0 fully saturated rings. The van der Waals surface area contributed by atoms with Crippen molar-refractivity contribution in [3.8, 4) is 6.07 Å². The molecule has 2 aromatic rings. The van der Waals surface area contributed by atoms with Crippen molar-refractivity contribution in [1.82, 2.24) is 4.90 Å². The van der Waals surface area contributed by atoms with Gasteiger partial charge < -0.3 is 0 Å². The largest absolute Gasteiger partial charge is 0.289 e. The van der Waals surface area contributed by atoms with E-state index in [1.807, 2.05) is 20.9 Å². The van der Waals surface area contributed by atoms with Crippen molar-refractivity contribution in [3.63, 3.8) is 0 Å². The summed E-state index contributed by atoms with van der Waals surface area (Å²) in [6, 6.07) is 10.8. The van der Waals surface area contributed by atoms with Gasteiger partial charge in [-0.25, -0.2) is 0 Å². The highest BCUT2D eigenvalue weighted by Crippen LogP contribution is 2.26. The van der Waals surface area contributed by atoms with E-state index in [9.17, 15) is 0 Å². The number of likely N-dealkylation sites (N-methyl/N-ethyl adjacent to an activating group) is 1. The van der Waals surface area contributed by atoms with Gasteiger partial charge in [-0.05, 0) is 49.7 Å². The van der Waals surface area contributed by atoms with Crippen LogP contribution in [0, 0.1) is 11.3 Å². The number of rotatable bonds is 4. The molecule has 0 N–H and O–H groups in total. The van der Waals surface area contributed by atoms with Crippen molar-refractivity contribution in [2.75, 3.05) is 13.6 Å². The third-order valence-electron chi connectivity index (χ3n) is 3.51. The molecule has 0 radical (unpaired) electrons. The van der Waals surface area contributed by atoms with Crippen LogP contribution < -0.4 is 0 Å². The van der Waals surface area contributed by atoms with Crippen LogP contribution in [0.3, 0.4) is 0 Å². The van der Waals surface area contributed by atoms with E-state index in [2.05, 4.69) is 40.6 Å². The van der Waals surface area contributed by atoms with Gasteiger partial charge in [0.15, 0.2) is 0 Å². The molecule has 1 aromatic heterocycles. The summed E-state index contributed by atoms with van der Waals surface area (Å²) in [7, 11) is 2.01. The molecule has 3 heteroatoms. The summed E-state index contributed by atoms with van der Waals surface area (Å²) in [6.07, 6.45) is 0.992. The first-order valence-electron chi connectivity index (χ1n) is 6.12. The Balaban J connectivity index is 2.10. The number of thiophene rings is 1. The summed E-state index contributed by atoms with van der Waals surface area (Å²) >= 11 is 1.80. The smallest absolute Gasteiger partial charge is 0.103 e.